The highest BCUT2D eigenvalue weighted by Crippen LogP contribution is 2.22. The number of allylic oxidation sites excluding steroid dienone is 1. The quantitative estimate of drug-likeness (QED) is 0.446. The van der Waals surface area contributed by atoms with Crippen LogP contribution in [0.15, 0.2) is 12.2 Å². The Morgan fingerprint density at radius 2 is 1.38 bits per heavy atom. The van der Waals surface area contributed by atoms with Crippen molar-refractivity contribution >= 4 is 0 Å². The Bertz CT molecular complexity index is 165. The summed E-state index contributed by atoms with van der Waals surface area (Å²) in [7, 11) is 0. The summed E-state index contributed by atoms with van der Waals surface area (Å²) in [6.07, 6.45) is 14.5. The smallest absolute Gasteiger partial charge is 0.0612 e. The zero-order valence-electron chi connectivity index (χ0n) is 11.5. The molecule has 16 heavy (non-hydrogen) atoms. The van der Waals surface area contributed by atoms with Crippen molar-refractivity contribution < 1.29 is 5.11 Å². The number of hydrogen-bond donors (Lipinski definition) is 1. The minimum absolute atomic E-state index is 0.187. The van der Waals surface area contributed by atoms with Crippen molar-refractivity contribution in [3.8, 4) is 0 Å². The molecule has 0 aliphatic heterocycles. The largest absolute Gasteiger partial charge is 0.392 e. The van der Waals surface area contributed by atoms with Gasteiger partial charge >= 0.3 is 0 Å². The molecule has 0 aliphatic carbocycles. The van der Waals surface area contributed by atoms with E-state index in [1.165, 1.54) is 44.9 Å². The van der Waals surface area contributed by atoms with Crippen LogP contribution < -0.4 is 0 Å². The Morgan fingerprint density at radius 3 is 1.94 bits per heavy atom. The number of hydrogen-bond acceptors (Lipinski definition) is 1. The molecule has 0 heterocycles. The third kappa shape index (κ3) is 13.7. The van der Waals surface area contributed by atoms with Crippen molar-refractivity contribution in [1.29, 1.82) is 0 Å². The molecule has 1 N–H and O–H groups in total. The van der Waals surface area contributed by atoms with E-state index in [0.717, 1.165) is 6.42 Å². The molecule has 0 aromatic carbocycles. The van der Waals surface area contributed by atoms with Gasteiger partial charge < -0.3 is 5.11 Å². The first kappa shape index (κ1) is 15.7. The van der Waals surface area contributed by atoms with E-state index >= 15 is 0 Å². The van der Waals surface area contributed by atoms with Crippen LogP contribution in [-0.4, -0.2) is 11.7 Å². The Morgan fingerprint density at radius 1 is 0.812 bits per heavy atom. The predicted molar refractivity (Wildman–Crippen MR) is 72.6 cm³/mol. The molecule has 0 bridgehead atoms. The van der Waals surface area contributed by atoms with E-state index in [1.807, 2.05) is 6.08 Å². The Labute approximate surface area is 102 Å². The third-order valence-electron chi connectivity index (χ3n) is 2.82. The molecule has 0 radical (unpaired) electrons. The van der Waals surface area contributed by atoms with Crippen LogP contribution in [0.1, 0.15) is 72.1 Å². The van der Waals surface area contributed by atoms with Gasteiger partial charge in [-0.1, -0.05) is 65.0 Å². The number of aliphatic hydroxyl groups excluding tert-OH is 1. The average Bonchev–Trinajstić information content (AvgIpc) is 2.19. The molecule has 0 spiro atoms. The standard InChI is InChI=1S/C15H30O/c1-15(2,3)13-11-9-7-5-4-6-8-10-12-14-16/h10,12,16H,4-9,11,13-14H2,1-3H3. The summed E-state index contributed by atoms with van der Waals surface area (Å²) in [4.78, 5) is 0. The summed E-state index contributed by atoms with van der Waals surface area (Å²) in [5.41, 5.74) is 0.509. The van der Waals surface area contributed by atoms with Gasteiger partial charge in [-0.2, -0.15) is 0 Å². The molecule has 0 aromatic heterocycles. The molecule has 0 rings (SSSR count). The van der Waals surface area contributed by atoms with Gasteiger partial charge in [0, 0.05) is 0 Å². The second kappa shape index (κ2) is 9.89. The zero-order chi connectivity index (χ0) is 12.3. The summed E-state index contributed by atoms with van der Waals surface area (Å²) >= 11 is 0. The molecule has 0 fully saturated rings. The first-order chi connectivity index (χ1) is 7.56. The summed E-state index contributed by atoms with van der Waals surface area (Å²) in [5.74, 6) is 0. The second-order valence-electron chi connectivity index (χ2n) is 5.87. The van der Waals surface area contributed by atoms with Crippen LogP contribution in [0.4, 0.5) is 0 Å². The molecule has 0 saturated heterocycles. The Balaban J connectivity index is 3.07. The first-order valence-corrected chi connectivity index (χ1v) is 6.82. The van der Waals surface area contributed by atoms with E-state index in [2.05, 4.69) is 26.8 Å². The van der Waals surface area contributed by atoms with Crippen molar-refractivity contribution in [3.05, 3.63) is 12.2 Å². The predicted octanol–water partition coefficient (Wildman–Crippen LogP) is 4.70. The van der Waals surface area contributed by atoms with E-state index < -0.39 is 0 Å². The molecule has 0 amide bonds. The van der Waals surface area contributed by atoms with Crippen LogP contribution in [-0.2, 0) is 0 Å². The normalized spacial score (nSPS) is 12.5. The average molecular weight is 226 g/mol. The lowest BCUT2D eigenvalue weighted by Crippen LogP contribution is -2.03. The second-order valence-corrected chi connectivity index (χ2v) is 5.87. The summed E-state index contributed by atoms with van der Waals surface area (Å²) in [6.45, 7) is 7.15. The number of unbranched alkanes of at least 4 members (excludes halogenated alkanes) is 6. The molecule has 1 nitrogen and oxygen atoms in total. The molecule has 0 aliphatic rings. The summed E-state index contributed by atoms with van der Waals surface area (Å²) in [6, 6.07) is 0. The minimum atomic E-state index is 0.187. The fourth-order valence-corrected chi connectivity index (χ4v) is 1.82. The maximum absolute atomic E-state index is 8.54. The molecule has 0 atom stereocenters. The number of rotatable bonds is 9. The van der Waals surface area contributed by atoms with Gasteiger partial charge in [0.1, 0.15) is 0 Å². The Hall–Kier alpha value is -0.300. The molecule has 0 unspecified atom stereocenters. The van der Waals surface area contributed by atoms with Crippen molar-refractivity contribution in [2.45, 2.75) is 72.1 Å². The summed E-state index contributed by atoms with van der Waals surface area (Å²) in [5, 5.41) is 8.54. The van der Waals surface area contributed by atoms with Crippen molar-refractivity contribution in [2.24, 2.45) is 5.41 Å². The molecular weight excluding hydrogens is 196 g/mol. The fourth-order valence-electron chi connectivity index (χ4n) is 1.82. The van der Waals surface area contributed by atoms with Crippen LogP contribution in [0, 0.1) is 5.41 Å². The zero-order valence-corrected chi connectivity index (χ0v) is 11.5. The van der Waals surface area contributed by atoms with Gasteiger partial charge in [0.05, 0.1) is 6.61 Å². The lowest BCUT2D eigenvalue weighted by Gasteiger charge is -2.17. The van der Waals surface area contributed by atoms with E-state index in [1.54, 1.807) is 0 Å². The maximum Gasteiger partial charge on any atom is 0.0612 e. The van der Waals surface area contributed by atoms with Gasteiger partial charge in [-0.3, -0.25) is 0 Å². The SMILES string of the molecule is CC(C)(C)CCCCCCCCC=CCO. The minimum Gasteiger partial charge on any atom is -0.392 e. The van der Waals surface area contributed by atoms with E-state index in [0.29, 0.717) is 5.41 Å². The Kier molecular flexibility index (Phi) is 9.71. The van der Waals surface area contributed by atoms with Gasteiger partial charge in [-0.15, -0.1) is 0 Å². The highest BCUT2D eigenvalue weighted by atomic mass is 16.2. The van der Waals surface area contributed by atoms with E-state index in [4.69, 9.17) is 5.11 Å². The molecule has 96 valence electrons. The lowest BCUT2D eigenvalue weighted by molar-refractivity contribution is 0.342. The molecular formula is C15H30O. The van der Waals surface area contributed by atoms with E-state index in [-0.39, 0.29) is 6.61 Å². The van der Waals surface area contributed by atoms with Crippen LogP contribution in [0.3, 0.4) is 0 Å². The first-order valence-electron chi connectivity index (χ1n) is 6.82. The van der Waals surface area contributed by atoms with Crippen LogP contribution in [0.5, 0.6) is 0 Å². The monoisotopic (exact) mass is 226 g/mol. The third-order valence-corrected chi connectivity index (χ3v) is 2.82. The number of aliphatic hydroxyl groups is 1. The van der Waals surface area contributed by atoms with Gasteiger partial charge in [-0.05, 0) is 24.7 Å². The van der Waals surface area contributed by atoms with Crippen molar-refractivity contribution in [3.63, 3.8) is 0 Å². The lowest BCUT2D eigenvalue weighted by atomic mass is 9.89. The van der Waals surface area contributed by atoms with Crippen molar-refractivity contribution in [2.75, 3.05) is 6.61 Å². The van der Waals surface area contributed by atoms with Crippen molar-refractivity contribution in [1.82, 2.24) is 0 Å². The van der Waals surface area contributed by atoms with Crippen LogP contribution >= 0.6 is 0 Å². The highest BCUT2D eigenvalue weighted by molar-refractivity contribution is 4.80. The molecule has 0 saturated carbocycles. The highest BCUT2D eigenvalue weighted by Gasteiger charge is 2.08. The fraction of sp³-hybridized carbons (Fsp3) is 0.867. The molecule has 1 heteroatoms. The topological polar surface area (TPSA) is 20.2 Å². The van der Waals surface area contributed by atoms with Gasteiger partial charge in [0.2, 0.25) is 0 Å². The van der Waals surface area contributed by atoms with Gasteiger partial charge in [-0.25, -0.2) is 0 Å². The van der Waals surface area contributed by atoms with Crippen LogP contribution in [0.25, 0.3) is 0 Å². The van der Waals surface area contributed by atoms with Gasteiger partial charge in [0.15, 0.2) is 0 Å². The van der Waals surface area contributed by atoms with E-state index in [9.17, 15) is 0 Å². The molecule has 0 aromatic rings. The van der Waals surface area contributed by atoms with Gasteiger partial charge in [0.25, 0.3) is 0 Å². The van der Waals surface area contributed by atoms with Crippen LogP contribution in [0.2, 0.25) is 0 Å². The maximum atomic E-state index is 8.54. The summed E-state index contributed by atoms with van der Waals surface area (Å²) < 4.78 is 0.